The Morgan fingerprint density at radius 1 is 1.32 bits per heavy atom. The Morgan fingerprint density at radius 3 is 2.55 bits per heavy atom. The lowest BCUT2D eigenvalue weighted by Crippen LogP contribution is -2.57. The second-order valence-electron chi connectivity index (χ2n) is 5.20. The number of carbonyl (C=O) groups excluding carboxylic acids is 2. The van der Waals surface area contributed by atoms with Crippen LogP contribution in [0.1, 0.15) is 32.6 Å². The summed E-state index contributed by atoms with van der Waals surface area (Å²) in [6.45, 7) is 2.35. The van der Waals surface area contributed by atoms with Crippen LogP contribution < -0.4 is 21.7 Å². The fourth-order valence-corrected chi connectivity index (χ4v) is 2.54. The minimum Gasteiger partial charge on any atom is -0.384 e. The Bertz CT molecular complexity index is 514. The van der Waals surface area contributed by atoms with E-state index in [1.54, 1.807) is 12.1 Å². The van der Waals surface area contributed by atoms with E-state index in [4.69, 9.17) is 5.73 Å². The van der Waals surface area contributed by atoms with Gasteiger partial charge >= 0.3 is 6.03 Å². The second kappa shape index (κ2) is 7.84. The molecular weight excluding hydrogens is 306 g/mol. The Labute approximate surface area is 135 Å². The van der Waals surface area contributed by atoms with Crippen molar-refractivity contribution in [2.45, 2.75) is 38.1 Å². The molecule has 1 fully saturated rings. The van der Waals surface area contributed by atoms with Crippen LogP contribution in [0, 0.1) is 0 Å². The van der Waals surface area contributed by atoms with Crippen molar-refractivity contribution < 1.29 is 9.59 Å². The average Bonchev–Trinajstić information content (AvgIpc) is 2.91. The molecule has 0 aromatic carbocycles. The Hall–Kier alpha value is -2.02. The Kier molecular flexibility index (Phi) is 6.42. The zero-order valence-electron chi connectivity index (χ0n) is 12.5. The number of pyridine rings is 1. The van der Waals surface area contributed by atoms with E-state index in [9.17, 15) is 9.59 Å². The average molecular weight is 328 g/mol. The lowest BCUT2D eigenvalue weighted by Gasteiger charge is -2.29. The van der Waals surface area contributed by atoms with Crippen molar-refractivity contribution in [3.63, 3.8) is 0 Å². The van der Waals surface area contributed by atoms with Gasteiger partial charge < -0.3 is 21.7 Å². The summed E-state index contributed by atoms with van der Waals surface area (Å²) in [5.41, 5.74) is 5.24. The predicted molar refractivity (Wildman–Crippen MR) is 87.9 cm³/mol. The maximum absolute atomic E-state index is 12.5. The Balaban J connectivity index is 0.00000242. The third-order valence-electron chi connectivity index (χ3n) is 3.63. The highest BCUT2D eigenvalue weighted by Gasteiger charge is 2.42. The summed E-state index contributed by atoms with van der Waals surface area (Å²) in [4.78, 5) is 28.3. The van der Waals surface area contributed by atoms with Crippen LogP contribution in [0.3, 0.4) is 0 Å². The highest BCUT2D eigenvalue weighted by atomic mass is 35.5. The molecule has 5 N–H and O–H groups in total. The minimum atomic E-state index is -0.847. The molecule has 0 bridgehead atoms. The van der Waals surface area contributed by atoms with Crippen molar-refractivity contribution in [1.29, 1.82) is 0 Å². The molecule has 2 rings (SSSR count). The van der Waals surface area contributed by atoms with Crippen molar-refractivity contribution in [1.82, 2.24) is 15.6 Å². The molecule has 1 saturated carbocycles. The van der Waals surface area contributed by atoms with Crippen LogP contribution in [-0.4, -0.2) is 29.0 Å². The molecule has 7 nitrogen and oxygen atoms in total. The molecule has 0 aliphatic heterocycles. The van der Waals surface area contributed by atoms with E-state index in [0.29, 0.717) is 30.9 Å². The van der Waals surface area contributed by atoms with E-state index >= 15 is 0 Å². The van der Waals surface area contributed by atoms with Crippen molar-refractivity contribution in [3.05, 3.63) is 18.3 Å². The summed E-state index contributed by atoms with van der Waals surface area (Å²) < 4.78 is 0. The van der Waals surface area contributed by atoms with Crippen molar-refractivity contribution in [2.24, 2.45) is 0 Å². The van der Waals surface area contributed by atoms with Gasteiger partial charge in [-0.25, -0.2) is 9.78 Å². The molecule has 1 aromatic rings. The summed E-state index contributed by atoms with van der Waals surface area (Å²) in [5.74, 6) is 0.182. The molecule has 1 heterocycles. The van der Waals surface area contributed by atoms with Gasteiger partial charge in [-0.3, -0.25) is 4.79 Å². The zero-order valence-corrected chi connectivity index (χ0v) is 13.3. The first kappa shape index (κ1) is 18.0. The van der Waals surface area contributed by atoms with E-state index in [0.717, 1.165) is 12.8 Å². The third kappa shape index (κ3) is 4.24. The number of halogens is 1. The smallest absolute Gasteiger partial charge is 0.315 e. The number of rotatable bonds is 4. The second-order valence-corrected chi connectivity index (χ2v) is 5.20. The molecule has 1 aliphatic carbocycles. The van der Waals surface area contributed by atoms with Gasteiger partial charge in [0.25, 0.3) is 0 Å². The van der Waals surface area contributed by atoms with Gasteiger partial charge in [0, 0.05) is 6.54 Å². The summed E-state index contributed by atoms with van der Waals surface area (Å²) in [6.07, 6.45) is 4.61. The molecule has 3 amide bonds. The van der Waals surface area contributed by atoms with E-state index in [-0.39, 0.29) is 24.3 Å². The van der Waals surface area contributed by atoms with Gasteiger partial charge in [-0.15, -0.1) is 12.4 Å². The van der Waals surface area contributed by atoms with E-state index < -0.39 is 5.54 Å². The van der Waals surface area contributed by atoms with Crippen molar-refractivity contribution in [2.75, 3.05) is 17.6 Å². The van der Waals surface area contributed by atoms with Gasteiger partial charge in [0.1, 0.15) is 11.4 Å². The van der Waals surface area contributed by atoms with Crippen LogP contribution in [0.5, 0.6) is 0 Å². The molecule has 1 aliphatic rings. The number of nitrogens with two attached hydrogens (primary N) is 1. The maximum atomic E-state index is 12.5. The van der Waals surface area contributed by atoms with E-state index in [1.807, 2.05) is 6.92 Å². The monoisotopic (exact) mass is 327 g/mol. The molecule has 0 spiro atoms. The van der Waals surface area contributed by atoms with Crippen LogP contribution in [-0.2, 0) is 4.79 Å². The van der Waals surface area contributed by atoms with Gasteiger partial charge in [-0.1, -0.05) is 12.8 Å². The van der Waals surface area contributed by atoms with Gasteiger partial charge in [0.15, 0.2) is 0 Å². The van der Waals surface area contributed by atoms with Crippen molar-refractivity contribution in [3.8, 4) is 0 Å². The number of nitrogens with one attached hydrogen (secondary N) is 3. The molecule has 22 heavy (non-hydrogen) atoms. The first-order valence-electron chi connectivity index (χ1n) is 7.15. The summed E-state index contributed by atoms with van der Waals surface area (Å²) in [6, 6.07) is 2.99. The topological polar surface area (TPSA) is 109 Å². The number of nitrogens with zero attached hydrogens (tertiary/aromatic N) is 1. The fourth-order valence-electron chi connectivity index (χ4n) is 2.54. The number of hydrogen-bond donors (Lipinski definition) is 4. The van der Waals surface area contributed by atoms with E-state index in [2.05, 4.69) is 20.9 Å². The van der Waals surface area contributed by atoms with Crippen LogP contribution in [0.15, 0.2) is 18.3 Å². The van der Waals surface area contributed by atoms with Gasteiger partial charge in [0.2, 0.25) is 5.91 Å². The molecule has 0 atom stereocenters. The number of hydrogen-bond acceptors (Lipinski definition) is 4. The Morgan fingerprint density at radius 2 is 2.00 bits per heavy atom. The summed E-state index contributed by atoms with van der Waals surface area (Å²) >= 11 is 0. The first-order valence-corrected chi connectivity index (χ1v) is 7.15. The number of anilines is 2. The van der Waals surface area contributed by atoms with Gasteiger partial charge in [0.05, 0.1) is 11.9 Å². The molecule has 1 aromatic heterocycles. The highest BCUT2D eigenvalue weighted by molar-refractivity contribution is 6.00. The van der Waals surface area contributed by atoms with Gasteiger partial charge in [-0.2, -0.15) is 0 Å². The van der Waals surface area contributed by atoms with Crippen LogP contribution in [0.25, 0.3) is 0 Å². The normalized spacial score (nSPS) is 15.5. The lowest BCUT2D eigenvalue weighted by molar-refractivity contribution is -0.121. The number of carbonyl (C=O) groups is 2. The van der Waals surface area contributed by atoms with Crippen molar-refractivity contribution >= 4 is 35.9 Å². The van der Waals surface area contributed by atoms with Crippen LogP contribution in [0.4, 0.5) is 16.3 Å². The fraction of sp³-hybridized carbons (Fsp3) is 0.500. The molecule has 0 radical (unpaired) electrons. The predicted octanol–water partition coefficient (Wildman–Crippen LogP) is 1.66. The summed E-state index contributed by atoms with van der Waals surface area (Å²) in [5, 5.41) is 8.28. The largest absolute Gasteiger partial charge is 0.384 e. The number of urea groups is 1. The number of aromatic nitrogens is 1. The standard InChI is InChI=1S/C14H21N5O2.ClH/c1-2-16-13(21)19-14(7-3-4-8-14)12(20)18-10-5-6-11(15)17-9-10;/h5-6,9H,2-4,7-8H2,1H3,(H2,15,17)(H,18,20)(H2,16,19,21);1H. The number of nitrogen functional groups attached to an aromatic ring is 1. The molecule has 8 heteroatoms. The van der Waals surface area contributed by atoms with Gasteiger partial charge in [-0.05, 0) is 31.9 Å². The SMILES string of the molecule is CCNC(=O)NC1(C(=O)Nc2ccc(N)nc2)CCCC1.Cl. The quantitative estimate of drug-likeness (QED) is 0.674. The molecular formula is C14H22ClN5O2. The molecule has 0 saturated heterocycles. The molecule has 0 unspecified atom stereocenters. The minimum absolute atomic E-state index is 0. The molecule has 122 valence electrons. The number of amides is 3. The highest BCUT2D eigenvalue weighted by Crippen LogP contribution is 2.31. The lowest BCUT2D eigenvalue weighted by atomic mass is 9.96. The zero-order chi connectivity index (χ0) is 15.3. The summed E-state index contributed by atoms with van der Waals surface area (Å²) in [7, 11) is 0. The maximum Gasteiger partial charge on any atom is 0.315 e. The van der Waals surface area contributed by atoms with Crippen LogP contribution in [0.2, 0.25) is 0 Å². The van der Waals surface area contributed by atoms with E-state index in [1.165, 1.54) is 6.20 Å². The first-order chi connectivity index (χ1) is 10.1. The third-order valence-corrected chi connectivity index (χ3v) is 3.63. The van der Waals surface area contributed by atoms with Crippen LogP contribution >= 0.6 is 12.4 Å².